The monoisotopic (exact) mass is 305 g/mol. The zero-order valence-corrected chi connectivity index (χ0v) is 12.9. The van der Waals surface area contributed by atoms with Gasteiger partial charge in [0.25, 0.3) is 5.91 Å². The Kier molecular flexibility index (Phi) is 4.36. The Hall–Kier alpha value is -1.66. The van der Waals surface area contributed by atoms with E-state index in [0.29, 0.717) is 18.2 Å². The van der Waals surface area contributed by atoms with Crippen molar-refractivity contribution < 1.29 is 9.53 Å². The summed E-state index contributed by atoms with van der Waals surface area (Å²) >= 11 is 1.46. The molecule has 1 aliphatic rings. The lowest BCUT2D eigenvalue weighted by Crippen LogP contribution is -2.34. The third-order valence-electron chi connectivity index (χ3n) is 3.88. The van der Waals surface area contributed by atoms with E-state index in [9.17, 15) is 4.79 Å². The fraction of sp³-hybridized carbons (Fsp3) is 0.467. The van der Waals surface area contributed by atoms with Crippen LogP contribution in [0.1, 0.15) is 22.6 Å². The molecule has 0 radical (unpaired) electrons. The molecule has 112 valence electrons. The Morgan fingerprint density at radius 2 is 2.43 bits per heavy atom. The number of ether oxygens (including phenoxy) is 1. The number of amides is 1. The Bertz CT molecular complexity index is 594. The maximum absolute atomic E-state index is 12.6. The highest BCUT2D eigenvalue weighted by atomic mass is 32.1. The lowest BCUT2D eigenvalue weighted by molar-refractivity contribution is 0.0700. The van der Waals surface area contributed by atoms with Crippen LogP contribution in [-0.4, -0.2) is 40.6 Å². The Labute approximate surface area is 128 Å². The van der Waals surface area contributed by atoms with E-state index in [1.54, 1.807) is 12.6 Å². The molecule has 0 aliphatic carbocycles. The van der Waals surface area contributed by atoms with E-state index in [1.165, 1.54) is 17.0 Å². The molecule has 0 fully saturated rings. The van der Waals surface area contributed by atoms with Crippen molar-refractivity contribution in [1.29, 1.82) is 0 Å². The average Bonchev–Trinajstić information content (AvgIpc) is 3.13. The van der Waals surface area contributed by atoms with Crippen molar-refractivity contribution in [1.82, 2.24) is 14.5 Å². The molecule has 0 spiro atoms. The third kappa shape index (κ3) is 3.16. The summed E-state index contributed by atoms with van der Waals surface area (Å²) in [5, 5.41) is 1.82. The summed E-state index contributed by atoms with van der Waals surface area (Å²) in [6.45, 7) is 3.06. The predicted molar refractivity (Wildman–Crippen MR) is 81.3 cm³/mol. The molecule has 5 nitrogen and oxygen atoms in total. The number of rotatable bonds is 4. The fourth-order valence-corrected chi connectivity index (χ4v) is 3.31. The van der Waals surface area contributed by atoms with Gasteiger partial charge >= 0.3 is 0 Å². The molecule has 21 heavy (non-hydrogen) atoms. The van der Waals surface area contributed by atoms with Gasteiger partial charge in [0.2, 0.25) is 0 Å². The number of hydrogen-bond donors (Lipinski definition) is 0. The van der Waals surface area contributed by atoms with Crippen molar-refractivity contribution in [3.8, 4) is 0 Å². The van der Waals surface area contributed by atoms with Crippen LogP contribution in [0.15, 0.2) is 29.2 Å². The van der Waals surface area contributed by atoms with E-state index >= 15 is 0 Å². The van der Waals surface area contributed by atoms with Gasteiger partial charge < -0.3 is 14.2 Å². The summed E-state index contributed by atoms with van der Waals surface area (Å²) < 4.78 is 7.44. The lowest BCUT2D eigenvalue weighted by atomic mass is 10.1. The van der Waals surface area contributed by atoms with E-state index in [-0.39, 0.29) is 5.91 Å². The Balaban J connectivity index is 1.81. The number of carbonyl (C=O) groups is 1. The highest BCUT2D eigenvalue weighted by Gasteiger charge is 2.26. The number of aromatic nitrogens is 2. The first kappa shape index (κ1) is 14.3. The van der Waals surface area contributed by atoms with Crippen molar-refractivity contribution in [2.75, 3.05) is 20.3 Å². The second-order valence-corrected chi connectivity index (χ2v) is 6.08. The number of carbonyl (C=O) groups excluding carboxylic acids is 1. The van der Waals surface area contributed by atoms with Gasteiger partial charge in [0, 0.05) is 44.1 Å². The third-order valence-corrected chi connectivity index (χ3v) is 4.47. The Morgan fingerprint density at radius 3 is 3.19 bits per heavy atom. The van der Waals surface area contributed by atoms with Gasteiger partial charge in [-0.15, -0.1) is 11.3 Å². The van der Waals surface area contributed by atoms with Gasteiger partial charge in [-0.05, 0) is 24.5 Å². The van der Waals surface area contributed by atoms with Crippen LogP contribution in [-0.2, 0) is 17.8 Å². The maximum Gasteiger partial charge on any atom is 0.273 e. The normalized spacial score (nSPS) is 18.3. The van der Waals surface area contributed by atoms with E-state index in [4.69, 9.17) is 4.74 Å². The first-order valence-electron chi connectivity index (χ1n) is 7.08. The van der Waals surface area contributed by atoms with E-state index in [1.807, 2.05) is 16.3 Å². The largest absolute Gasteiger partial charge is 0.385 e. The quantitative estimate of drug-likeness (QED) is 0.870. The molecular weight excluding hydrogens is 286 g/mol. The molecule has 6 heteroatoms. The summed E-state index contributed by atoms with van der Waals surface area (Å²) in [6.07, 6.45) is 3.04. The molecule has 2 aromatic rings. The minimum atomic E-state index is 0.0216. The number of thiazole rings is 1. The van der Waals surface area contributed by atoms with Gasteiger partial charge in [-0.3, -0.25) is 4.79 Å². The second kappa shape index (κ2) is 6.41. The predicted octanol–water partition coefficient (Wildman–Crippen LogP) is 2.25. The first-order valence-corrected chi connectivity index (χ1v) is 8.02. The van der Waals surface area contributed by atoms with Gasteiger partial charge in [0.1, 0.15) is 5.69 Å². The standard InChI is InChI=1S/C15H19N3O2S/c1-20-6-4-12-7-17-5-2-3-13(17)9-18(8-12)15(19)14-10-21-11-16-14/h2-3,5,10-12H,4,6-9H2,1H3/t12-/m1/s1. The highest BCUT2D eigenvalue weighted by molar-refractivity contribution is 7.07. The van der Waals surface area contributed by atoms with Crippen LogP contribution >= 0.6 is 11.3 Å². The van der Waals surface area contributed by atoms with Crippen LogP contribution in [0, 0.1) is 5.92 Å². The number of methoxy groups -OCH3 is 1. The van der Waals surface area contributed by atoms with Crippen molar-refractivity contribution >= 4 is 17.2 Å². The summed E-state index contributed by atoms with van der Waals surface area (Å²) in [6, 6.07) is 4.12. The maximum atomic E-state index is 12.6. The van der Waals surface area contributed by atoms with Crippen LogP contribution in [0.25, 0.3) is 0 Å². The second-order valence-electron chi connectivity index (χ2n) is 5.36. The lowest BCUT2D eigenvalue weighted by Gasteiger charge is -2.23. The molecule has 0 saturated heterocycles. The molecule has 0 N–H and O–H groups in total. The van der Waals surface area contributed by atoms with Gasteiger partial charge in [-0.25, -0.2) is 4.98 Å². The number of nitrogens with zero attached hydrogens (tertiary/aromatic N) is 3. The van der Waals surface area contributed by atoms with Crippen LogP contribution in [0.5, 0.6) is 0 Å². The van der Waals surface area contributed by atoms with Crippen molar-refractivity contribution in [2.24, 2.45) is 5.92 Å². The molecule has 2 aromatic heterocycles. The molecule has 1 aliphatic heterocycles. The van der Waals surface area contributed by atoms with Gasteiger partial charge in [-0.1, -0.05) is 0 Å². The average molecular weight is 305 g/mol. The number of fused-ring (bicyclic) bond motifs is 1. The van der Waals surface area contributed by atoms with Crippen LogP contribution in [0.2, 0.25) is 0 Å². The van der Waals surface area contributed by atoms with E-state index in [0.717, 1.165) is 26.1 Å². The molecule has 3 rings (SSSR count). The molecular formula is C15H19N3O2S. The highest BCUT2D eigenvalue weighted by Crippen LogP contribution is 2.21. The molecule has 0 unspecified atom stereocenters. The molecule has 3 heterocycles. The molecule has 1 atom stereocenters. The van der Waals surface area contributed by atoms with Gasteiger partial charge in [0.15, 0.2) is 0 Å². The fourth-order valence-electron chi connectivity index (χ4n) is 2.78. The zero-order valence-electron chi connectivity index (χ0n) is 12.1. The van der Waals surface area contributed by atoms with Gasteiger partial charge in [0.05, 0.1) is 12.1 Å². The smallest absolute Gasteiger partial charge is 0.273 e. The molecule has 0 saturated carbocycles. The SMILES string of the molecule is COCC[C@H]1CN(C(=O)c2cscn2)Cc2cccn2C1. The minimum Gasteiger partial charge on any atom is -0.385 e. The molecule has 1 amide bonds. The molecule has 0 bridgehead atoms. The topological polar surface area (TPSA) is 47.4 Å². The summed E-state index contributed by atoms with van der Waals surface area (Å²) in [4.78, 5) is 18.7. The van der Waals surface area contributed by atoms with E-state index < -0.39 is 0 Å². The summed E-state index contributed by atoms with van der Waals surface area (Å²) in [7, 11) is 1.72. The van der Waals surface area contributed by atoms with Crippen LogP contribution < -0.4 is 0 Å². The summed E-state index contributed by atoms with van der Waals surface area (Å²) in [5.41, 5.74) is 3.43. The van der Waals surface area contributed by atoms with Crippen molar-refractivity contribution in [3.05, 3.63) is 40.6 Å². The van der Waals surface area contributed by atoms with E-state index in [2.05, 4.69) is 21.8 Å². The van der Waals surface area contributed by atoms with Crippen LogP contribution in [0.4, 0.5) is 0 Å². The molecule has 0 aromatic carbocycles. The van der Waals surface area contributed by atoms with Gasteiger partial charge in [-0.2, -0.15) is 0 Å². The number of hydrogen-bond acceptors (Lipinski definition) is 4. The Morgan fingerprint density at radius 1 is 1.52 bits per heavy atom. The van der Waals surface area contributed by atoms with Crippen molar-refractivity contribution in [3.63, 3.8) is 0 Å². The minimum absolute atomic E-state index is 0.0216. The van der Waals surface area contributed by atoms with Crippen LogP contribution in [0.3, 0.4) is 0 Å². The van der Waals surface area contributed by atoms with Crippen molar-refractivity contribution in [2.45, 2.75) is 19.5 Å². The summed E-state index contributed by atoms with van der Waals surface area (Å²) in [5.74, 6) is 0.425. The first-order chi connectivity index (χ1) is 10.3. The zero-order chi connectivity index (χ0) is 14.7.